The summed E-state index contributed by atoms with van der Waals surface area (Å²) in [5, 5.41) is 0.315. The van der Waals surface area contributed by atoms with Crippen molar-refractivity contribution in [1.29, 1.82) is 0 Å². The first-order valence-electron chi connectivity index (χ1n) is 5.11. The van der Waals surface area contributed by atoms with Gasteiger partial charge in [0.05, 0.1) is 11.9 Å². The first-order valence-corrected chi connectivity index (χ1v) is 5.49. The van der Waals surface area contributed by atoms with Crippen LogP contribution in [-0.2, 0) is 0 Å². The molecule has 0 amide bonds. The second kappa shape index (κ2) is 6.65. The van der Waals surface area contributed by atoms with E-state index < -0.39 is 0 Å². The predicted octanol–water partition coefficient (Wildman–Crippen LogP) is 2.93. The third-order valence-electron chi connectivity index (χ3n) is 1.58. The summed E-state index contributed by atoms with van der Waals surface area (Å²) in [6.07, 6.45) is 2.81. The van der Waals surface area contributed by atoms with Gasteiger partial charge in [0.2, 0.25) is 11.8 Å². The fraction of sp³-hybridized carbons (Fsp3) is 0.182. The topological polar surface area (TPSA) is 73.9 Å². The van der Waals surface area contributed by atoms with Gasteiger partial charge in [-0.05, 0) is 6.07 Å². The molecule has 2 aromatic rings. The number of ether oxygens (including phenoxy) is 1. The second-order valence-corrected chi connectivity index (χ2v) is 3.10. The molecule has 2 heterocycles. The zero-order chi connectivity index (χ0) is 12.7. The number of hydrogen-bond acceptors (Lipinski definition) is 5. The van der Waals surface area contributed by atoms with Crippen molar-refractivity contribution < 1.29 is 4.74 Å². The molecule has 2 aromatic heterocycles. The number of aromatic nitrogens is 3. The van der Waals surface area contributed by atoms with Gasteiger partial charge in [-0.25, -0.2) is 15.0 Å². The third-order valence-corrected chi connectivity index (χ3v) is 1.78. The Morgan fingerprint density at radius 1 is 1.12 bits per heavy atom. The maximum Gasteiger partial charge on any atom is 0.225 e. The Hall–Kier alpha value is -1.88. The Morgan fingerprint density at radius 2 is 1.88 bits per heavy atom. The number of halogens is 1. The Morgan fingerprint density at radius 3 is 2.47 bits per heavy atom. The molecule has 0 saturated heterocycles. The van der Waals surface area contributed by atoms with E-state index >= 15 is 0 Å². The van der Waals surface area contributed by atoms with Gasteiger partial charge in [-0.2, -0.15) is 0 Å². The number of rotatable bonds is 2. The number of nitrogens with two attached hydrogens (primary N) is 1. The molecule has 0 fully saturated rings. The van der Waals surface area contributed by atoms with Crippen LogP contribution in [0, 0.1) is 0 Å². The van der Waals surface area contributed by atoms with Crippen molar-refractivity contribution in [2.24, 2.45) is 0 Å². The molecule has 0 atom stereocenters. The lowest BCUT2D eigenvalue weighted by molar-refractivity contribution is 0.443. The Kier molecular flexibility index (Phi) is 5.16. The normalized spacial score (nSPS) is 9.12. The van der Waals surface area contributed by atoms with Gasteiger partial charge in [0.25, 0.3) is 0 Å². The van der Waals surface area contributed by atoms with E-state index in [2.05, 4.69) is 15.0 Å². The highest BCUT2D eigenvalue weighted by Gasteiger charge is 2.00. The first-order chi connectivity index (χ1) is 8.24. The maximum absolute atomic E-state index is 5.66. The Balaban J connectivity index is 0.000000686. The van der Waals surface area contributed by atoms with E-state index in [1.165, 1.54) is 18.6 Å². The minimum Gasteiger partial charge on any atom is -0.421 e. The number of anilines is 1. The zero-order valence-electron chi connectivity index (χ0n) is 9.59. The molecule has 0 aliphatic rings. The van der Waals surface area contributed by atoms with Crippen LogP contribution in [0.25, 0.3) is 0 Å². The monoisotopic (exact) mass is 252 g/mol. The molecule has 0 radical (unpaired) electrons. The lowest BCUT2D eigenvalue weighted by atomic mass is 10.4. The van der Waals surface area contributed by atoms with Crippen LogP contribution in [0.5, 0.6) is 11.8 Å². The van der Waals surface area contributed by atoms with E-state index in [9.17, 15) is 0 Å². The molecule has 17 heavy (non-hydrogen) atoms. The molecule has 0 aliphatic carbocycles. The van der Waals surface area contributed by atoms with Crippen molar-refractivity contribution in [2.75, 3.05) is 5.73 Å². The van der Waals surface area contributed by atoms with Crippen molar-refractivity contribution in [2.45, 2.75) is 13.8 Å². The molecule has 2 N–H and O–H groups in total. The highest BCUT2D eigenvalue weighted by molar-refractivity contribution is 6.29. The summed E-state index contributed by atoms with van der Waals surface area (Å²) >= 11 is 5.66. The predicted molar refractivity (Wildman–Crippen MR) is 67.1 cm³/mol. The minimum atomic E-state index is 0.315. The quantitative estimate of drug-likeness (QED) is 0.832. The molecule has 0 aromatic carbocycles. The fourth-order valence-corrected chi connectivity index (χ4v) is 1.07. The van der Waals surface area contributed by atoms with Crippen LogP contribution in [0.1, 0.15) is 13.8 Å². The molecule has 6 heteroatoms. The van der Waals surface area contributed by atoms with Gasteiger partial charge in [0, 0.05) is 12.1 Å². The number of nitrogens with zero attached hydrogens (tertiary/aromatic N) is 3. The van der Waals surface area contributed by atoms with Gasteiger partial charge < -0.3 is 10.5 Å². The number of hydrogen-bond donors (Lipinski definition) is 1. The van der Waals surface area contributed by atoms with Gasteiger partial charge >= 0.3 is 0 Å². The SMILES string of the molecule is CC.Nc1ccc(Oc2cc(Cl)ncn2)nc1. The summed E-state index contributed by atoms with van der Waals surface area (Å²) < 4.78 is 5.31. The molecule has 90 valence electrons. The van der Waals surface area contributed by atoms with E-state index in [0.717, 1.165) is 0 Å². The van der Waals surface area contributed by atoms with Crippen molar-refractivity contribution in [3.8, 4) is 11.8 Å². The molecular formula is C11H13ClN4O. The average Bonchev–Trinajstić information content (AvgIpc) is 2.35. The minimum absolute atomic E-state index is 0.315. The van der Waals surface area contributed by atoms with Crippen LogP contribution >= 0.6 is 11.6 Å². The van der Waals surface area contributed by atoms with E-state index in [4.69, 9.17) is 22.1 Å². The highest BCUT2D eigenvalue weighted by atomic mass is 35.5. The summed E-state index contributed by atoms with van der Waals surface area (Å²) in [5.41, 5.74) is 6.05. The van der Waals surface area contributed by atoms with Crippen LogP contribution < -0.4 is 10.5 Å². The molecule has 2 rings (SSSR count). The summed E-state index contributed by atoms with van der Waals surface area (Å²) in [5.74, 6) is 0.742. The van der Waals surface area contributed by atoms with E-state index in [0.29, 0.717) is 22.6 Å². The maximum atomic E-state index is 5.66. The molecule has 5 nitrogen and oxygen atoms in total. The van der Waals surface area contributed by atoms with Crippen molar-refractivity contribution in [1.82, 2.24) is 15.0 Å². The molecule has 0 spiro atoms. The summed E-state index contributed by atoms with van der Waals surface area (Å²) in [6, 6.07) is 4.83. The van der Waals surface area contributed by atoms with Crippen molar-refractivity contribution in [3.05, 3.63) is 35.9 Å². The van der Waals surface area contributed by atoms with Gasteiger partial charge in [0.15, 0.2) is 0 Å². The fourth-order valence-electron chi connectivity index (χ4n) is 0.932. The van der Waals surface area contributed by atoms with Gasteiger partial charge in [0.1, 0.15) is 11.5 Å². The molecule has 0 bridgehead atoms. The van der Waals surface area contributed by atoms with Crippen molar-refractivity contribution >= 4 is 17.3 Å². The smallest absolute Gasteiger partial charge is 0.225 e. The summed E-state index contributed by atoms with van der Waals surface area (Å²) in [6.45, 7) is 4.00. The second-order valence-electron chi connectivity index (χ2n) is 2.71. The number of pyridine rings is 1. The highest BCUT2D eigenvalue weighted by Crippen LogP contribution is 2.18. The van der Waals surface area contributed by atoms with Crippen LogP contribution in [0.15, 0.2) is 30.7 Å². The molecule has 0 saturated carbocycles. The summed E-state index contributed by atoms with van der Waals surface area (Å²) in [7, 11) is 0. The average molecular weight is 253 g/mol. The molecular weight excluding hydrogens is 240 g/mol. The van der Waals surface area contributed by atoms with Crippen molar-refractivity contribution in [3.63, 3.8) is 0 Å². The van der Waals surface area contributed by atoms with E-state index in [1.807, 2.05) is 13.8 Å². The van der Waals surface area contributed by atoms with Crippen LogP contribution in [0.3, 0.4) is 0 Å². The van der Waals surface area contributed by atoms with E-state index in [-0.39, 0.29) is 0 Å². The van der Waals surface area contributed by atoms with Crippen LogP contribution in [0.4, 0.5) is 5.69 Å². The molecule has 0 unspecified atom stereocenters. The lowest BCUT2D eigenvalue weighted by Gasteiger charge is -2.02. The van der Waals surface area contributed by atoms with Crippen LogP contribution in [-0.4, -0.2) is 15.0 Å². The third kappa shape index (κ3) is 4.24. The van der Waals surface area contributed by atoms with E-state index in [1.54, 1.807) is 12.1 Å². The molecule has 0 aliphatic heterocycles. The van der Waals surface area contributed by atoms with Crippen LogP contribution in [0.2, 0.25) is 5.15 Å². The Bertz CT molecular complexity index is 461. The summed E-state index contributed by atoms with van der Waals surface area (Å²) in [4.78, 5) is 11.6. The lowest BCUT2D eigenvalue weighted by Crippen LogP contribution is -1.92. The van der Waals surface area contributed by atoms with Gasteiger partial charge in [-0.1, -0.05) is 25.4 Å². The number of nitrogen functional groups attached to an aromatic ring is 1. The Labute approximate surface area is 105 Å². The largest absolute Gasteiger partial charge is 0.421 e. The van der Waals surface area contributed by atoms with Gasteiger partial charge in [-0.3, -0.25) is 0 Å². The first kappa shape index (κ1) is 13.2. The standard InChI is InChI=1S/C9H7ClN4O.C2H6/c10-7-3-9(14-5-13-7)15-8-2-1-6(11)4-12-8;1-2/h1-5H,11H2;1-2H3. The van der Waals surface area contributed by atoms with Gasteiger partial charge in [-0.15, -0.1) is 0 Å². The zero-order valence-corrected chi connectivity index (χ0v) is 10.3.